The summed E-state index contributed by atoms with van der Waals surface area (Å²) in [5.74, 6) is -2.03. The maximum atomic E-state index is 14.6. The van der Waals surface area contributed by atoms with E-state index >= 15 is 0 Å². The molecule has 0 radical (unpaired) electrons. The van der Waals surface area contributed by atoms with Crippen LogP contribution in [0, 0.1) is 50.2 Å². The normalized spacial score (nSPS) is 52.9. The van der Waals surface area contributed by atoms with Gasteiger partial charge in [-0.05, 0) is 103 Å². The largest absolute Gasteiger partial charge is 0.479 e. The second-order valence-electron chi connectivity index (χ2n) is 20.9. The number of carbonyl (C=O) groups excluding carboxylic acids is 1. The highest BCUT2D eigenvalue weighted by atomic mass is 16.7. The lowest BCUT2D eigenvalue weighted by Gasteiger charge is -2.71. The first kappa shape index (κ1) is 43.3. The molecule has 5 aliphatic carbocycles. The van der Waals surface area contributed by atoms with Crippen molar-refractivity contribution in [3.05, 3.63) is 11.6 Å². The van der Waals surface area contributed by atoms with Gasteiger partial charge < -0.3 is 64.9 Å². The van der Waals surface area contributed by atoms with Crippen molar-refractivity contribution in [2.75, 3.05) is 6.61 Å². The summed E-state index contributed by atoms with van der Waals surface area (Å²) in [6, 6.07) is 0. The number of aliphatic carboxylic acids is 1. The van der Waals surface area contributed by atoms with Crippen LogP contribution in [-0.4, -0.2) is 138 Å². The number of aliphatic hydroxyl groups excluding tert-OH is 8. The third kappa shape index (κ3) is 6.39. The van der Waals surface area contributed by atoms with Crippen molar-refractivity contribution >= 4 is 11.9 Å². The number of fused-ring (bicyclic) bond motifs is 7. The van der Waals surface area contributed by atoms with Crippen LogP contribution in [-0.2, 0) is 28.5 Å². The summed E-state index contributed by atoms with van der Waals surface area (Å²) in [5.41, 5.74) is -1.37. The molecule has 7 rings (SSSR count). The number of ether oxygens (including phenoxy) is 4. The molecule has 0 unspecified atom stereocenters. The van der Waals surface area contributed by atoms with Gasteiger partial charge in [-0.3, -0.25) is 4.79 Å². The number of rotatable bonds is 6. The first-order chi connectivity index (χ1) is 26.4. The lowest BCUT2D eigenvalue weighted by molar-refractivity contribution is -0.336. The topological polar surface area (TPSA) is 253 Å². The molecule has 2 aliphatic heterocycles. The van der Waals surface area contributed by atoms with Crippen LogP contribution in [0.2, 0.25) is 0 Å². The summed E-state index contributed by atoms with van der Waals surface area (Å²) >= 11 is 0. The van der Waals surface area contributed by atoms with Crippen LogP contribution in [0.3, 0.4) is 0 Å². The van der Waals surface area contributed by atoms with Crippen LogP contribution in [0.25, 0.3) is 0 Å². The molecule has 0 aromatic heterocycles. The van der Waals surface area contributed by atoms with Crippen molar-refractivity contribution in [2.24, 2.45) is 50.2 Å². The quantitative estimate of drug-likeness (QED) is 0.104. The van der Waals surface area contributed by atoms with E-state index in [9.17, 15) is 55.5 Å². The van der Waals surface area contributed by atoms with Crippen LogP contribution in [0.4, 0.5) is 0 Å². The van der Waals surface area contributed by atoms with Gasteiger partial charge in [0.15, 0.2) is 12.4 Å². The molecule has 4 saturated carbocycles. The molecule has 0 spiro atoms. The molecule has 9 N–H and O–H groups in total. The standard InChI is InChI=1S/C42H66O15/c1-37(2)12-14-42(36(53)57-34-29(49)26(46)25(45)22(18-43)54-34)15-13-40(6)19(20(42)16-37)8-9-24-39(5)17-21(44)32(38(3,4)23(39)10-11-41(24,40)7)56-35-30(50)27(47)28(48)31(55-35)33(51)52/h8,20-32,34-35,43-50H,9-18H2,1-7H3,(H,51,52)/t20-,21+,22+,23-,24+,25+,26-,27+,28-,29+,30+,31-,32+,34-,35-,39-,40+,41+,42-/m0/s1. The molecule has 6 fully saturated rings. The Morgan fingerprint density at radius 3 is 2.04 bits per heavy atom. The molecule has 7 aliphatic rings. The van der Waals surface area contributed by atoms with E-state index < -0.39 is 103 Å². The van der Waals surface area contributed by atoms with E-state index in [1.165, 1.54) is 5.57 Å². The Balaban J connectivity index is 1.17. The lowest BCUT2D eigenvalue weighted by atomic mass is 9.33. The van der Waals surface area contributed by atoms with Gasteiger partial charge in [-0.25, -0.2) is 4.79 Å². The molecule has 19 atom stereocenters. The number of carbonyl (C=O) groups is 2. The monoisotopic (exact) mass is 810 g/mol. The fourth-order valence-electron chi connectivity index (χ4n) is 13.7. The average molecular weight is 811 g/mol. The van der Waals surface area contributed by atoms with Crippen molar-refractivity contribution in [2.45, 2.75) is 180 Å². The van der Waals surface area contributed by atoms with Crippen molar-refractivity contribution in [1.29, 1.82) is 0 Å². The molecule has 0 aromatic carbocycles. The zero-order valence-electron chi connectivity index (χ0n) is 34.3. The predicted octanol–water partition coefficient (Wildman–Crippen LogP) is 1.38. The molecule has 0 bridgehead atoms. The highest BCUT2D eigenvalue weighted by Gasteiger charge is 2.71. The smallest absolute Gasteiger partial charge is 0.335 e. The first-order valence-corrected chi connectivity index (χ1v) is 20.9. The van der Waals surface area contributed by atoms with Crippen LogP contribution < -0.4 is 0 Å². The molecule has 15 heteroatoms. The van der Waals surface area contributed by atoms with Crippen molar-refractivity contribution < 1.29 is 74.5 Å². The number of hydrogen-bond donors (Lipinski definition) is 9. The van der Waals surface area contributed by atoms with Gasteiger partial charge in [-0.1, -0.05) is 60.1 Å². The Bertz CT molecular complexity index is 1600. The fraction of sp³-hybridized carbons (Fsp3) is 0.905. The molecular weight excluding hydrogens is 744 g/mol. The molecule has 0 amide bonds. The Labute approximate surface area is 334 Å². The summed E-state index contributed by atoms with van der Waals surface area (Å²) in [4.78, 5) is 26.4. The lowest BCUT2D eigenvalue weighted by Crippen LogP contribution is -2.68. The van der Waals surface area contributed by atoms with Gasteiger partial charge >= 0.3 is 11.9 Å². The molecule has 2 saturated heterocycles. The number of hydrogen-bond acceptors (Lipinski definition) is 14. The van der Waals surface area contributed by atoms with Gasteiger partial charge in [-0.15, -0.1) is 0 Å². The number of aliphatic hydroxyl groups is 8. The zero-order chi connectivity index (χ0) is 42.0. The fourth-order valence-corrected chi connectivity index (χ4v) is 13.7. The molecule has 57 heavy (non-hydrogen) atoms. The van der Waals surface area contributed by atoms with Crippen molar-refractivity contribution in [3.8, 4) is 0 Å². The maximum Gasteiger partial charge on any atom is 0.335 e. The van der Waals surface area contributed by atoms with Crippen LogP contribution >= 0.6 is 0 Å². The summed E-state index contributed by atoms with van der Waals surface area (Å²) in [7, 11) is 0. The number of carboxylic acid groups (broad SMARTS) is 1. The third-order valence-corrected chi connectivity index (χ3v) is 17.1. The molecular formula is C42H66O15. The predicted molar refractivity (Wildman–Crippen MR) is 199 cm³/mol. The van der Waals surface area contributed by atoms with Gasteiger partial charge in [0, 0.05) is 0 Å². The van der Waals surface area contributed by atoms with Gasteiger partial charge in [0.1, 0.15) is 42.7 Å². The Morgan fingerprint density at radius 2 is 1.39 bits per heavy atom. The van der Waals surface area contributed by atoms with E-state index in [1.807, 2.05) is 13.8 Å². The Kier molecular flexibility index (Phi) is 11.0. The SMILES string of the molecule is CC1(C)CC[C@]2(C(=O)O[C@@H]3O[C@H](CO)[C@@H](O)[C@H](O)[C@H]3O)CC[C@]3(C)C(=CC[C@@H]4[C@@]5(C)C[C@@H](O)[C@@H](O[C@@H]6O[C@H](C(=O)O)[C@@H](O)[C@@H](O)[C@H]6O)C(C)(C)[C@@H]5CC[C@]43C)[C@@H]2C1. The van der Waals surface area contributed by atoms with Crippen molar-refractivity contribution in [1.82, 2.24) is 0 Å². The summed E-state index contributed by atoms with van der Waals surface area (Å²) in [6.45, 7) is 14.8. The zero-order valence-corrected chi connectivity index (χ0v) is 34.3. The average Bonchev–Trinajstić information content (AvgIpc) is 3.13. The van der Waals surface area contributed by atoms with E-state index in [4.69, 9.17) is 18.9 Å². The Morgan fingerprint density at radius 1 is 0.754 bits per heavy atom. The van der Waals surface area contributed by atoms with Gasteiger partial charge in [-0.2, -0.15) is 0 Å². The van der Waals surface area contributed by atoms with Gasteiger partial charge in [0.25, 0.3) is 0 Å². The third-order valence-electron chi connectivity index (χ3n) is 17.1. The highest BCUT2D eigenvalue weighted by molar-refractivity contribution is 5.79. The first-order valence-electron chi connectivity index (χ1n) is 20.9. The van der Waals surface area contributed by atoms with E-state index in [-0.39, 0.29) is 39.4 Å². The van der Waals surface area contributed by atoms with Crippen LogP contribution in [0.5, 0.6) is 0 Å². The van der Waals surface area contributed by atoms with E-state index in [1.54, 1.807) is 0 Å². The van der Waals surface area contributed by atoms with E-state index in [2.05, 4.69) is 40.7 Å². The summed E-state index contributed by atoms with van der Waals surface area (Å²) < 4.78 is 23.3. The van der Waals surface area contributed by atoms with Crippen molar-refractivity contribution in [3.63, 3.8) is 0 Å². The van der Waals surface area contributed by atoms with E-state index in [0.717, 1.165) is 25.7 Å². The maximum absolute atomic E-state index is 14.6. The molecule has 2 heterocycles. The second-order valence-corrected chi connectivity index (χ2v) is 20.9. The van der Waals surface area contributed by atoms with Crippen LogP contribution in [0.1, 0.15) is 106 Å². The number of esters is 1. The van der Waals surface area contributed by atoms with E-state index in [0.29, 0.717) is 32.1 Å². The summed E-state index contributed by atoms with van der Waals surface area (Å²) in [5, 5.41) is 94.4. The number of allylic oxidation sites excluding steroid dienone is 2. The number of carboxylic acids is 1. The minimum Gasteiger partial charge on any atom is -0.479 e. The minimum atomic E-state index is -1.86. The second kappa shape index (κ2) is 14.4. The van der Waals surface area contributed by atoms with Gasteiger partial charge in [0.05, 0.1) is 24.2 Å². The van der Waals surface area contributed by atoms with Gasteiger partial charge in [0.2, 0.25) is 6.29 Å². The summed E-state index contributed by atoms with van der Waals surface area (Å²) in [6.07, 6.45) is -10.0. The molecule has 0 aromatic rings. The van der Waals surface area contributed by atoms with Crippen LogP contribution in [0.15, 0.2) is 11.6 Å². The molecule has 15 nitrogen and oxygen atoms in total. The Hall–Kier alpha value is -1.76. The minimum absolute atomic E-state index is 0.0337. The highest BCUT2D eigenvalue weighted by Crippen LogP contribution is 2.76. The molecule has 324 valence electrons.